The van der Waals surface area contributed by atoms with Crippen LogP contribution in [0.4, 0.5) is 14.5 Å². The van der Waals surface area contributed by atoms with Gasteiger partial charge in [0.05, 0.1) is 11.2 Å². The number of pyridine rings is 1. The van der Waals surface area contributed by atoms with Crippen LogP contribution in [0.15, 0.2) is 65.7 Å². The van der Waals surface area contributed by atoms with Crippen molar-refractivity contribution in [3.05, 3.63) is 94.0 Å². The Morgan fingerprint density at radius 3 is 2.41 bits per heavy atom. The first-order chi connectivity index (χ1) is 16.4. The molecule has 3 heterocycles. The minimum absolute atomic E-state index is 0.0455. The number of hydrogen-bond donors (Lipinski definition) is 2. The fourth-order valence-corrected chi connectivity index (χ4v) is 4.40. The fourth-order valence-electron chi connectivity index (χ4n) is 4.40. The van der Waals surface area contributed by atoms with Gasteiger partial charge in [-0.15, -0.1) is 0 Å². The number of hydrogen-bond acceptors (Lipinski definition) is 4. The Labute approximate surface area is 193 Å². The molecule has 174 valence electrons. The Morgan fingerprint density at radius 1 is 1.03 bits per heavy atom. The summed E-state index contributed by atoms with van der Waals surface area (Å²) in [5.74, 6) is -2.45. The number of carboxylic acid groups (broad SMARTS) is 1. The molecule has 2 N–H and O–H groups in total. The largest absolute Gasteiger partial charge is 0.477 e. The quantitative estimate of drug-likeness (QED) is 0.472. The summed E-state index contributed by atoms with van der Waals surface area (Å²) in [5.41, 5.74) is 1.02. The zero-order chi connectivity index (χ0) is 23.8. The molecule has 1 fully saturated rings. The van der Waals surface area contributed by atoms with Crippen molar-refractivity contribution in [2.24, 2.45) is 0 Å². The molecular formula is C25H22F2N4O3. The summed E-state index contributed by atoms with van der Waals surface area (Å²) in [5, 5.41) is 9.46. The van der Waals surface area contributed by atoms with Crippen LogP contribution < -0.4 is 10.3 Å². The molecule has 0 radical (unpaired) electrons. The van der Waals surface area contributed by atoms with Gasteiger partial charge < -0.3 is 19.6 Å². The lowest BCUT2D eigenvalue weighted by Gasteiger charge is -2.36. The second-order valence-electron chi connectivity index (χ2n) is 8.30. The van der Waals surface area contributed by atoms with E-state index in [1.807, 2.05) is 23.2 Å². The molecule has 9 heteroatoms. The number of carbonyl (C=O) groups is 1. The lowest BCUT2D eigenvalue weighted by molar-refractivity contribution is 0.0695. The number of fused-ring (bicyclic) bond motifs is 1. The van der Waals surface area contributed by atoms with E-state index < -0.39 is 28.6 Å². The van der Waals surface area contributed by atoms with Crippen LogP contribution in [0.2, 0.25) is 0 Å². The number of benzene rings is 2. The number of aromatic amines is 1. The highest BCUT2D eigenvalue weighted by Crippen LogP contribution is 2.28. The summed E-state index contributed by atoms with van der Waals surface area (Å²) in [6, 6.07) is 12.1. The van der Waals surface area contributed by atoms with Crippen molar-refractivity contribution >= 4 is 22.6 Å². The summed E-state index contributed by atoms with van der Waals surface area (Å²) in [6.07, 6.45) is 3.09. The van der Waals surface area contributed by atoms with Gasteiger partial charge in [0.15, 0.2) is 0 Å². The van der Waals surface area contributed by atoms with Crippen LogP contribution in [0.25, 0.3) is 16.6 Å². The van der Waals surface area contributed by atoms with Crippen molar-refractivity contribution in [3.63, 3.8) is 0 Å². The molecule has 0 amide bonds. The van der Waals surface area contributed by atoms with Gasteiger partial charge in [0.25, 0.3) is 0 Å². The van der Waals surface area contributed by atoms with E-state index in [0.29, 0.717) is 30.0 Å². The molecule has 4 aromatic rings. The molecule has 0 unspecified atom stereocenters. The van der Waals surface area contributed by atoms with Crippen LogP contribution in [0.5, 0.6) is 0 Å². The number of piperazine rings is 1. The number of nitrogens with zero attached hydrogens (tertiary/aromatic N) is 3. The van der Waals surface area contributed by atoms with Crippen LogP contribution in [0, 0.1) is 11.6 Å². The number of aromatic carboxylic acids is 1. The van der Waals surface area contributed by atoms with Gasteiger partial charge >= 0.3 is 5.97 Å². The molecule has 0 saturated carbocycles. The summed E-state index contributed by atoms with van der Waals surface area (Å²) in [7, 11) is 0. The molecule has 5 rings (SSSR count). The number of anilines is 1. The van der Waals surface area contributed by atoms with E-state index >= 15 is 4.39 Å². The molecule has 2 aromatic heterocycles. The highest BCUT2D eigenvalue weighted by molar-refractivity contribution is 5.94. The van der Waals surface area contributed by atoms with Gasteiger partial charge in [-0.3, -0.25) is 9.69 Å². The minimum atomic E-state index is -1.41. The van der Waals surface area contributed by atoms with Crippen molar-refractivity contribution in [2.45, 2.75) is 6.54 Å². The predicted octanol–water partition coefficient (Wildman–Crippen LogP) is 3.62. The standard InChI is InChI=1S/C25H22F2N4O3/c26-16-3-5-18(6-4-16)31-15-20(25(33)34)24(32)19-12-21(27)23(13-22(19)31)30-10-8-29(9-11-30)14-17-2-1-7-28-17/h1-7,12-13,15,28H,8-11,14H2,(H,33,34). The smallest absolute Gasteiger partial charge is 0.341 e. The van der Waals surface area contributed by atoms with E-state index in [1.165, 1.54) is 35.0 Å². The maximum atomic E-state index is 15.2. The second kappa shape index (κ2) is 8.75. The Balaban J connectivity index is 1.54. The Hall–Kier alpha value is -3.98. The highest BCUT2D eigenvalue weighted by Gasteiger charge is 2.23. The zero-order valence-corrected chi connectivity index (χ0v) is 18.2. The summed E-state index contributed by atoms with van der Waals surface area (Å²) >= 11 is 0. The first kappa shape index (κ1) is 21.8. The number of rotatable bonds is 5. The molecule has 0 aliphatic carbocycles. The maximum Gasteiger partial charge on any atom is 0.341 e. The van der Waals surface area contributed by atoms with Crippen LogP contribution in [-0.2, 0) is 6.54 Å². The number of nitrogens with one attached hydrogen (secondary N) is 1. The average molecular weight is 464 g/mol. The molecule has 2 aromatic carbocycles. The molecule has 1 aliphatic heterocycles. The Kier molecular flexibility index (Phi) is 5.62. The number of aromatic nitrogens is 2. The number of carboxylic acids is 1. The van der Waals surface area contributed by atoms with Gasteiger partial charge in [-0.05, 0) is 48.5 Å². The van der Waals surface area contributed by atoms with Crippen molar-refractivity contribution < 1.29 is 18.7 Å². The molecule has 1 saturated heterocycles. The fraction of sp³-hybridized carbons (Fsp3) is 0.200. The first-order valence-electron chi connectivity index (χ1n) is 10.9. The summed E-state index contributed by atoms with van der Waals surface area (Å²) in [4.78, 5) is 31.8. The van der Waals surface area contributed by atoms with Gasteiger partial charge in [0.1, 0.15) is 17.2 Å². The van der Waals surface area contributed by atoms with Crippen LogP contribution in [-0.4, -0.2) is 51.7 Å². The van der Waals surface area contributed by atoms with Gasteiger partial charge in [0.2, 0.25) is 5.43 Å². The summed E-state index contributed by atoms with van der Waals surface area (Å²) < 4.78 is 30.2. The van der Waals surface area contributed by atoms with Crippen molar-refractivity contribution in [2.75, 3.05) is 31.1 Å². The molecule has 7 nitrogen and oxygen atoms in total. The van der Waals surface area contributed by atoms with Gasteiger partial charge in [-0.2, -0.15) is 0 Å². The van der Waals surface area contributed by atoms with E-state index in [4.69, 9.17) is 0 Å². The van der Waals surface area contributed by atoms with Gasteiger partial charge in [-0.1, -0.05) is 0 Å². The molecule has 0 atom stereocenters. The lowest BCUT2D eigenvalue weighted by Crippen LogP contribution is -2.46. The maximum absolute atomic E-state index is 15.2. The normalized spacial score (nSPS) is 14.6. The predicted molar refractivity (Wildman–Crippen MR) is 125 cm³/mol. The van der Waals surface area contributed by atoms with Gasteiger partial charge in [0, 0.05) is 61.9 Å². The lowest BCUT2D eigenvalue weighted by atomic mass is 10.1. The molecule has 0 spiro atoms. The molecule has 1 aliphatic rings. The van der Waals surface area contributed by atoms with E-state index in [0.717, 1.165) is 31.4 Å². The SMILES string of the molecule is O=C(O)c1cn(-c2ccc(F)cc2)c2cc(N3CCN(Cc4ccc[nH]4)CC3)c(F)cc2c1=O. The molecule has 0 bridgehead atoms. The Bertz CT molecular complexity index is 1410. The topological polar surface area (TPSA) is 81.6 Å². The summed E-state index contributed by atoms with van der Waals surface area (Å²) in [6.45, 7) is 3.44. The highest BCUT2D eigenvalue weighted by atomic mass is 19.1. The van der Waals surface area contributed by atoms with Crippen LogP contribution in [0.1, 0.15) is 16.1 Å². The monoisotopic (exact) mass is 464 g/mol. The van der Waals surface area contributed by atoms with Crippen LogP contribution in [0.3, 0.4) is 0 Å². The van der Waals surface area contributed by atoms with Gasteiger partial charge in [-0.25, -0.2) is 13.6 Å². The zero-order valence-electron chi connectivity index (χ0n) is 18.2. The second-order valence-corrected chi connectivity index (χ2v) is 8.30. The van der Waals surface area contributed by atoms with E-state index in [1.54, 1.807) is 6.07 Å². The third kappa shape index (κ3) is 4.06. The third-order valence-corrected chi connectivity index (χ3v) is 6.18. The van der Waals surface area contributed by atoms with E-state index in [9.17, 15) is 19.1 Å². The van der Waals surface area contributed by atoms with E-state index in [2.05, 4.69) is 9.88 Å². The molecule has 34 heavy (non-hydrogen) atoms. The first-order valence-corrected chi connectivity index (χ1v) is 10.9. The number of H-pyrrole nitrogens is 1. The minimum Gasteiger partial charge on any atom is -0.477 e. The van der Waals surface area contributed by atoms with Crippen molar-refractivity contribution in [1.82, 2.24) is 14.5 Å². The van der Waals surface area contributed by atoms with Crippen molar-refractivity contribution in [1.29, 1.82) is 0 Å². The Morgan fingerprint density at radius 2 is 1.76 bits per heavy atom. The molecular weight excluding hydrogens is 442 g/mol. The third-order valence-electron chi connectivity index (χ3n) is 6.18. The van der Waals surface area contributed by atoms with Crippen LogP contribution >= 0.6 is 0 Å². The average Bonchev–Trinajstić information content (AvgIpc) is 3.33. The van der Waals surface area contributed by atoms with E-state index in [-0.39, 0.29) is 5.39 Å². The number of halogens is 2. The van der Waals surface area contributed by atoms with Crippen molar-refractivity contribution in [3.8, 4) is 5.69 Å².